The van der Waals surface area contributed by atoms with E-state index in [1.165, 1.54) is 6.42 Å². The molecule has 0 radical (unpaired) electrons. The molecule has 0 fully saturated rings. The van der Waals surface area contributed by atoms with E-state index in [0.29, 0.717) is 4.08 Å². The highest BCUT2D eigenvalue weighted by molar-refractivity contribution is 8.18. The van der Waals surface area contributed by atoms with Crippen LogP contribution in [0.2, 0.25) is 0 Å². The first-order valence-corrected chi connectivity index (χ1v) is 5.87. The SMILES string of the molecule is CCC(C)(SC)SC(C)C. The third-order valence-electron chi connectivity index (χ3n) is 1.56. The van der Waals surface area contributed by atoms with E-state index in [1.54, 1.807) is 0 Å². The summed E-state index contributed by atoms with van der Waals surface area (Å²) in [5.41, 5.74) is 0. The van der Waals surface area contributed by atoms with Crippen molar-refractivity contribution >= 4 is 23.5 Å². The number of rotatable bonds is 4. The monoisotopic (exact) mass is 178 g/mol. The van der Waals surface area contributed by atoms with Crippen molar-refractivity contribution < 1.29 is 0 Å². The molecule has 0 spiro atoms. The van der Waals surface area contributed by atoms with Gasteiger partial charge in [-0.15, -0.1) is 23.5 Å². The molecule has 0 nitrogen and oxygen atoms in total. The lowest BCUT2D eigenvalue weighted by atomic mass is 10.4. The summed E-state index contributed by atoms with van der Waals surface area (Å²) in [6.45, 7) is 9.10. The van der Waals surface area contributed by atoms with Crippen LogP contribution in [0, 0.1) is 0 Å². The van der Waals surface area contributed by atoms with Gasteiger partial charge in [0, 0.05) is 5.25 Å². The molecule has 1 atom stereocenters. The summed E-state index contributed by atoms with van der Waals surface area (Å²) in [5, 5.41) is 0.748. The summed E-state index contributed by atoms with van der Waals surface area (Å²) in [6, 6.07) is 0. The Labute approximate surface area is 73.5 Å². The molecule has 0 heterocycles. The molecule has 0 aromatic carbocycles. The Balaban J connectivity index is 3.80. The summed E-state index contributed by atoms with van der Waals surface area (Å²) in [6.07, 6.45) is 3.44. The van der Waals surface area contributed by atoms with Crippen LogP contribution in [0.4, 0.5) is 0 Å². The van der Waals surface area contributed by atoms with Gasteiger partial charge < -0.3 is 0 Å². The Hall–Kier alpha value is 0.700. The van der Waals surface area contributed by atoms with E-state index in [2.05, 4.69) is 45.7 Å². The molecule has 0 aliphatic heterocycles. The van der Waals surface area contributed by atoms with Gasteiger partial charge in [-0.3, -0.25) is 0 Å². The minimum absolute atomic E-state index is 0.439. The molecule has 0 aliphatic rings. The zero-order chi connectivity index (χ0) is 8.20. The Bertz CT molecular complexity index is 85.3. The lowest BCUT2D eigenvalue weighted by molar-refractivity contribution is 0.840. The quantitative estimate of drug-likeness (QED) is 0.603. The van der Waals surface area contributed by atoms with Crippen LogP contribution < -0.4 is 0 Å². The van der Waals surface area contributed by atoms with Crippen molar-refractivity contribution in [3.05, 3.63) is 0 Å². The van der Waals surface area contributed by atoms with Crippen LogP contribution in [0.25, 0.3) is 0 Å². The lowest BCUT2D eigenvalue weighted by Gasteiger charge is -2.27. The number of thioether (sulfide) groups is 2. The number of hydrogen-bond acceptors (Lipinski definition) is 2. The molecule has 0 saturated carbocycles. The minimum Gasteiger partial charge on any atom is -0.148 e. The van der Waals surface area contributed by atoms with E-state index in [0.717, 1.165) is 5.25 Å². The average Bonchev–Trinajstić information content (AvgIpc) is 1.87. The molecule has 0 bridgehead atoms. The molecule has 2 heteroatoms. The fourth-order valence-electron chi connectivity index (χ4n) is 0.774. The fourth-order valence-corrected chi connectivity index (χ4v) is 3.19. The maximum Gasteiger partial charge on any atom is 0.0580 e. The van der Waals surface area contributed by atoms with Crippen molar-refractivity contribution in [2.24, 2.45) is 0 Å². The standard InChI is InChI=1S/C8H18S2/c1-6-8(4,9-5)10-7(2)3/h7H,6H2,1-5H3. The van der Waals surface area contributed by atoms with E-state index in [9.17, 15) is 0 Å². The molecule has 62 valence electrons. The van der Waals surface area contributed by atoms with Gasteiger partial charge in [-0.2, -0.15) is 0 Å². The Morgan fingerprint density at radius 3 is 2.00 bits per heavy atom. The minimum atomic E-state index is 0.439. The van der Waals surface area contributed by atoms with Crippen LogP contribution in [-0.2, 0) is 0 Å². The third-order valence-corrected chi connectivity index (χ3v) is 4.76. The van der Waals surface area contributed by atoms with Gasteiger partial charge in [0.05, 0.1) is 4.08 Å². The van der Waals surface area contributed by atoms with Crippen LogP contribution in [-0.4, -0.2) is 15.6 Å². The molecule has 0 saturated heterocycles. The highest BCUT2D eigenvalue weighted by Gasteiger charge is 2.21. The first kappa shape index (κ1) is 10.7. The predicted octanol–water partition coefficient (Wildman–Crippen LogP) is 3.62. The predicted molar refractivity (Wildman–Crippen MR) is 54.9 cm³/mol. The van der Waals surface area contributed by atoms with Crippen molar-refractivity contribution in [3.63, 3.8) is 0 Å². The molecular formula is C8H18S2. The van der Waals surface area contributed by atoms with Crippen molar-refractivity contribution in [2.45, 2.75) is 43.4 Å². The lowest BCUT2D eigenvalue weighted by Crippen LogP contribution is -2.15. The second kappa shape index (κ2) is 4.55. The average molecular weight is 178 g/mol. The van der Waals surface area contributed by atoms with E-state index in [4.69, 9.17) is 0 Å². The van der Waals surface area contributed by atoms with E-state index in [1.807, 2.05) is 11.8 Å². The van der Waals surface area contributed by atoms with Gasteiger partial charge in [-0.25, -0.2) is 0 Å². The largest absolute Gasteiger partial charge is 0.148 e. The van der Waals surface area contributed by atoms with Crippen molar-refractivity contribution in [3.8, 4) is 0 Å². The molecule has 0 amide bonds. The number of hydrogen-bond donors (Lipinski definition) is 0. The molecular weight excluding hydrogens is 160 g/mol. The molecule has 1 unspecified atom stereocenters. The smallest absolute Gasteiger partial charge is 0.0580 e. The molecule has 0 aromatic heterocycles. The normalized spacial score (nSPS) is 17.4. The van der Waals surface area contributed by atoms with Gasteiger partial charge in [0.1, 0.15) is 0 Å². The second-order valence-electron chi connectivity index (χ2n) is 2.86. The van der Waals surface area contributed by atoms with Gasteiger partial charge in [0.2, 0.25) is 0 Å². The summed E-state index contributed by atoms with van der Waals surface area (Å²) < 4.78 is 0.439. The van der Waals surface area contributed by atoms with E-state index < -0.39 is 0 Å². The summed E-state index contributed by atoms with van der Waals surface area (Å²) >= 11 is 4.03. The van der Waals surface area contributed by atoms with Gasteiger partial charge in [0.25, 0.3) is 0 Å². The van der Waals surface area contributed by atoms with Crippen LogP contribution in [0.15, 0.2) is 0 Å². The first-order chi connectivity index (χ1) is 4.54. The fraction of sp³-hybridized carbons (Fsp3) is 1.00. The summed E-state index contributed by atoms with van der Waals surface area (Å²) in [5.74, 6) is 0. The second-order valence-corrected chi connectivity index (χ2v) is 6.51. The topological polar surface area (TPSA) is 0 Å². The molecule has 10 heavy (non-hydrogen) atoms. The van der Waals surface area contributed by atoms with Crippen molar-refractivity contribution in [1.29, 1.82) is 0 Å². The molecule has 0 aliphatic carbocycles. The Kier molecular flexibility index (Phi) is 4.87. The molecule has 0 N–H and O–H groups in total. The van der Waals surface area contributed by atoms with Crippen molar-refractivity contribution in [1.82, 2.24) is 0 Å². The zero-order valence-corrected chi connectivity index (χ0v) is 9.23. The van der Waals surface area contributed by atoms with Gasteiger partial charge in [0.15, 0.2) is 0 Å². The highest BCUT2D eigenvalue weighted by Crippen LogP contribution is 2.40. The maximum atomic E-state index is 2.32. The Morgan fingerprint density at radius 1 is 1.40 bits per heavy atom. The van der Waals surface area contributed by atoms with Crippen LogP contribution in [0.1, 0.15) is 34.1 Å². The highest BCUT2D eigenvalue weighted by atomic mass is 32.2. The van der Waals surface area contributed by atoms with Gasteiger partial charge in [-0.05, 0) is 19.6 Å². The first-order valence-electron chi connectivity index (χ1n) is 3.77. The van der Waals surface area contributed by atoms with Crippen LogP contribution in [0.5, 0.6) is 0 Å². The summed E-state index contributed by atoms with van der Waals surface area (Å²) in [4.78, 5) is 0. The summed E-state index contributed by atoms with van der Waals surface area (Å²) in [7, 11) is 0. The molecule has 0 rings (SSSR count). The Morgan fingerprint density at radius 2 is 1.90 bits per heavy atom. The zero-order valence-electron chi connectivity index (χ0n) is 7.60. The third kappa shape index (κ3) is 3.77. The van der Waals surface area contributed by atoms with Gasteiger partial charge >= 0.3 is 0 Å². The maximum absolute atomic E-state index is 2.32. The van der Waals surface area contributed by atoms with Crippen molar-refractivity contribution in [2.75, 3.05) is 6.26 Å². The molecule has 0 aromatic rings. The van der Waals surface area contributed by atoms with Crippen LogP contribution >= 0.6 is 23.5 Å². The van der Waals surface area contributed by atoms with Crippen LogP contribution in [0.3, 0.4) is 0 Å². The van der Waals surface area contributed by atoms with Gasteiger partial charge in [-0.1, -0.05) is 20.8 Å². The van der Waals surface area contributed by atoms with E-state index in [-0.39, 0.29) is 0 Å². The van der Waals surface area contributed by atoms with E-state index >= 15 is 0 Å².